The average Bonchev–Trinajstić information content (AvgIpc) is 3.72. The zero-order valence-electron chi connectivity index (χ0n) is 21.9. The highest BCUT2D eigenvalue weighted by molar-refractivity contribution is 6.36. The minimum Gasteiger partial charge on any atom is -0.369 e. The third-order valence-electron chi connectivity index (χ3n) is 7.71. The molecule has 1 heterocycles. The summed E-state index contributed by atoms with van der Waals surface area (Å²) in [4.78, 5) is 41.1. The van der Waals surface area contributed by atoms with E-state index in [-0.39, 0.29) is 11.8 Å². The van der Waals surface area contributed by atoms with Crippen molar-refractivity contribution in [3.8, 4) is 11.1 Å². The number of primary amides is 1. The van der Waals surface area contributed by atoms with Gasteiger partial charge in [0.15, 0.2) is 0 Å². The fourth-order valence-electron chi connectivity index (χ4n) is 5.48. The van der Waals surface area contributed by atoms with Crippen molar-refractivity contribution in [2.24, 2.45) is 23.5 Å². The summed E-state index contributed by atoms with van der Waals surface area (Å²) >= 11 is 12.5. The predicted octanol–water partition coefficient (Wildman–Crippen LogP) is 5.98. The van der Waals surface area contributed by atoms with E-state index in [4.69, 9.17) is 28.9 Å². The Labute approximate surface area is 235 Å². The molecule has 2 fully saturated rings. The Bertz CT molecular complexity index is 1170. The van der Waals surface area contributed by atoms with Crippen LogP contribution in [0, 0.1) is 17.8 Å². The third-order valence-corrected chi connectivity index (χ3v) is 8.26. The topological polar surface area (TPSA) is 92.5 Å². The highest BCUT2D eigenvalue weighted by Crippen LogP contribution is 2.38. The molecule has 3 amide bonds. The van der Waals surface area contributed by atoms with Crippen LogP contribution in [0.1, 0.15) is 63.9 Å². The number of likely N-dealkylation sites (tertiary alicyclic amines) is 1. The van der Waals surface area contributed by atoms with Gasteiger partial charge in [-0.1, -0.05) is 73.7 Å². The number of benzene rings is 2. The van der Waals surface area contributed by atoms with Crippen LogP contribution in [-0.4, -0.2) is 35.2 Å². The lowest BCUT2D eigenvalue weighted by atomic mass is 9.83. The predicted molar refractivity (Wildman–Crippen MR) is 152 cm³/mol. The number of nitrogens with two attached hydrogens (primary N) is 1. The third kappa shape index (κ3) is 7.29. The van der Waals surface area contributed by atoms with Crippen LogP contribution >= 0.6 is 23.2 Å². The van der Waals surface area contributed by atoms with Crippen molar-refractivity contribution in [2.45, 2.75) is 70.9 Å². The second kappa shape index (κ2) is 13.0. The molecule has 2 aromatic carbocycles. The minimum absolute atomic E-state index is 0.0814. The smallest absolute Gasteiger partial charge is 0.245 e. The van der Waals surface area contributed by atoms with Gasteiger partial charge in [-0.25, -0.2) is 0 Å². The normalized spacial score (nSPS) is 19.5. The molecule has 8 heteroatoms. The lowest BCUT2D eigenvalue weighted by Gasteiger charge is -2.28. The van der Waals surface area contributed by atoms with E-state index in [1.54, 1.807) is 12.1 Å². The maximum absolute atomic E-state index is 13.6. The molecule has 1 aliphatic carbocycles. The summed E-state index contributed by atoms with van der Waals surface area (Å²) in [7, 11) is 0. The molecular weight excluding hydrogens is 521 g/mol. The molecule has 0 unspecified atom stereocenters. The maximum Gasteiger partial charge on any atom is 0.245 e. The molecule has 3 N–H and O–H groups in total. The number of carbonyl (C=O) groups is 3. The van der Waals surface area contributed by atoms with E-state index in [1.807, 2.05) is 42.2 Å². The van der Waals surface area contributed by atoms with Crippen molar-refractivity contribution >= 4 is 40.9 Å². The van der Waals surface area contributed by atoms with E-state index in [0.717, 1.165) is 48.8 Å². The van der Waals surface area contributed by atoms with Gasteiger partial charge in [0, 0.05) is 40.5 Å². The van der Waals surface area contributed by atoms with Crippen LogP contribution in [-0.2, 0) is 20.9 Å². The van der Waals surface area contributed by atoms with Crippen molar-refractivity contribution < 1.29 is 14.4 Å². The van der Waals surface area contributed by atoms with Gasteiger partial charge in [0.05, 0.1) is 0 Å². The van der Waals surface area contributed by atoms with Crippen molar-refractivity contribution in [1.29, 1.82) is 0 Å². The molecule has 2 aromatic rings. The molecule has 6 nitrogen and oxygen atoms in total. The van der Waals surface area contributed by atoms with Crippen LogP contribution in [0.25, 0.3) is 11.1 Å². The van der Waals surface area contributed by atoms with Gasteiger partial charge in [0.1, 0.15) is 6.04 Å². The number of nitrogens with one attached hydrogen (secondary N) is 1. The maximum atomic E-state index is 13.6. The lowest BCUT2D eigenvalue weighted by molar-refractivity contribution is -0.139. The SMILES string of the molecule is CCC[C@H](C(N)=O)[C@@H](CC1CC1)C(=O)N[C@H]1CCCCN(Cc2cccc(-c3ccc(Cl)cc3Cl)c2)C1=O. The van der Waals surface area contributed by atoms with E-state index >= 15 is 0 Å². The van der Waals surface area contributed by atoms with Gasteiger partial charge in [-0.2, -0.15) is 0 Å². The van der Waals surface area contributed by atoms with Crippen LogP contribution in [0.3, 0.4) is 0 Å². The first-order chi connectivity index (χ1) is 18.3. The first-order valence-electron chi connectivity index (χ1n) is 13.7. The second-order valence-electron chi connectivity index (χ2n) is 10.7. The molecule has 2 aliphatic rings. The van der Waals surface area contributed by atoms with Crippen LogP contribution in [0.15, 0.2) is 42.5 Å². The van der Waals surface area contributed by atoms with E-state index in [0.29, 0.717) is 48.3 Å². The zero-order valence-corrected chi connectivity index (χ0v) is 23.4. The summed E-state index contributed by atoms with van der Waals surface area (Å²) in [5, 5.41) is 4.18. The molecule has 0 radical (unpaired) electrons. The summed E-state index contributed by atoms with van der Waals surface area (Å²) in [5.41, 5.74) is 8.53. The Hall–Kier alpha value is -2.57. The van der Waals surface area contributed by atoms with Crippen molar-refractivity contribution in [2.75, 3.05) is 6.54 Å². The van der Waals surface area contributed by atoms with E-state index in [2.05, 4.69) is 5.32 Å². The molecule has 1 saturated heterocycles. The lowest BCUT2D eigenvalue weighted by Crippen LogP contribution is -2.50. The number of halogens is 2. The molecule has 0 aromatic heterocycles. The Morgan fingerprint density at radius 2 is 1.87 bits per heavy atom. The first-order valence-corrected chi connectivity index (χ1v) is 14.4. The highest BCUT2D eigenvalue weighted by Gasteiger charge is 2.38. The number of carbonyl (C=O) groups excluding carboxylic acids is 3. The Morgan fingerprint density at radius 3 is 2.55 bits per heavy atom. The number of rotatable bonds is 11. The standard InChI is InChI=1S/C30H37Cl2N3O3/c1-2-6-24(28(33)36)25(16-19-10-11-19)29(37)34-27-9-3-4-14-35(30(27)38)18-20-7-5-8-21(15-20)23-13-12-22(31)17-26(23)32/h5,7-8,12-13,15,17,19,24-25,27H,2-4,6,9-11,14,16,18H2,1H3,(H2,33,36)(H,34,37)/t24-,25+,27-/m0/s1. The van der Waals surface area contributed by atoms with Gasteiger partial charge < -0.3 is 16.0 Å². The fraction of sp³-hybridized carbons (Fsp3) is 0.500. The molecule has 1 aliphatic heterocycles. The Kier molecular flexibility index (Phi) is 9.72. The van der Waals surface area contributed by atoms with Crippen molar-refractivity contribution in [3.63, 3.8) is 0 Å². The van der Waals surface area contributed by atoms with Crippen LogP contribution in [0.4, 0.5) is 0 Å². The Balaban J connectivity index is 1.48. The molecule has 38 heavy (non-hydrogen) atoms. The number of nitrogens with zero attached hydrogens (tertiary/aromatic N) is 1. The summed E-state index contributed by atoms with van der Waals surface area (Å²) in [6, 6.07) is 12.8. The summed E-state index contributed by atoms with van der Waals surface area (Å²) in [6.07, 6.45) is 6.48. The van der Waals surface area contributed by atoms with Gasteiger partial charge >= 0.3 is 0 Å². The molecule has 1 saturated carbocycles. The average molecular weight is 559 g/mol. The van der Waals surface area contributed by atoms with Crippen molar-refractivity contribution in [3.05, 3.63) is 58.1 Å². The van der Waals surface area contributed by atoms with Crippen LogP contribution < -0.4 is 11.1 Å². The van der Waals surface area contributed by atoms with Gasteiger partial charge in [-0.05, 0) is 67.3 Å². The second-order valence-corrected chi connectivity index (χ2v) is 11.6. The molecule has 4 rings (SSSR count). The van der Waals surface area contributed by atoms with Gasteiger partial charge in [-0.15, -0.1) is 0 Å². The van der Waals surface area contributed by atoms with E-state index in [9.17, 15) is 14.4 Å². The first kappa shape index (κ1) is 28.4. The monoisotopic (exact) mass is 557 g/mol. The van der Waals surface area contributed by atoms with Gasteiger partial charge in [0.2, 0.25) is 17.7 Å². The minimum atomic E-state index is -0.601. The molecular formula is C30H37Cl2N3O3. The van der Waals surface area contributed by atoms with Gasteiger partial charge in [-0.3, -0.25) is 14.4 Å². The van der Waals surface area contributed by atoms with Crippen LogP contribution in [0.2, 0.25) is 10.0 Å². The largest absolute Gasteiger partial charge is 0.369 e. The van der Waals surface area contributed by atoms with E-state index < -0.39 is 23.8 Å². The molecule has 3 atom stereocenters. The zero-order chi connectivity index (χ0) is 27.2. The molecule has 0 bridgehead atoms. The molecule has 204 valence electrons. The van der Waals surface area contributed by atoms with E-state index in [1.165, 1.54) is 0 Å². The number of hydrogen-bond acceptors (Lipinski definition) is 3. The van der Waals surface area contributed by atoms with Gasteiger partial charge in [0.25, 0.3) is 0 Å². The fourth-order valence-corrected chi connectivity index (χ4v) is 5.99. The number of amides is 3. The summed E-state index contributed by atoms with van der Waals surface area (Å²) in [6.45, 7) is 3.06. The quantitative estimate of drug-likeness (QED) is 0.356. The van der Waals surface area contributed by atoms with Crippen molar-refractivity contribution in [1.82, 2.24) is 10.2 Å². The summed E-state index contributed by atoms with van der Waals surface area (Å²) in [5.74, 6) is -1.24. The Morgan fingerprint density at radius 1 is 1.08 bits per heavy atom. The summed E-state index contributed by atoms with van der Waals surface area (Å²) < 4.78 is 0. The number of hydrogen-bond donors (Lipinski definition) is 2. The molecule has 0 spiro atoms. The highest BCUT2D eigenvalue weighted by atomic mass is 35.5. The van der Waals surface area contributed by atoms with Crippen LogP contribution in [0.5, 0.6) is 0 Å².